The smallest absolute Gasteiger partial charge is 0.361 e. The molecule has 116 valence electrons. The van der Waals surface area contributed by atoms with Gasteiger partial charge in [0.15, 0.2) is 0 Å². The number of carbonyl (C=O) groups is 1. The summed E-state index contributed by atoms with van der Waals surface area (Å²) in [6.45, 7) is 0. The van der Waals surface area contributed by atoms with Crippen molar-refractivity contribution in [3.8, 4) is 11.8 Å². The summed E-state index contributed by atoms with van der Waals surface area (Å²) in [4.78, 5) is 12.1. The standard InChI is InChI=1S/C14H9ClFN5O2/c15-10-2-1-3-11(16)12(10)13(22)17-8-4-6-9(7-5-8)23-14-18-20-21-19-14/h1-7H,(H,17,22)(H,18,19,20,21). The molecule has 0 saturated heterocycles. The monoisotopic (exact) mass is 333 g/mol. The zero-order chi connectivity index (χ0) is 16.2. The Balaban J connectivity index is 1.72. The highest BCUT2D eigenvalue weighted by atomic mass is 35.5. The van der Waals surface area contributed by atoms with Gasteiger partial charge in [-0.15, -0.1) is 0 Å². The number of hydrogen-bond donors (Lipinski definition) is 2. The molecule has 23 heavy (non-hydrogen) atoms. The van der Waals surface area contributed by atoms with Gasteiger partial charge >= 0.3 is 6.01 Å². The van der Waals surface area contributed by atoms with Crippen LogP contribution in [-0.4, -0.2) is 26.5 Å². The number of hydrogen-bond acceptors (Lipinski definition) is 5. The number of aromatic amines is 1. The van der Waals surface area contributed by atoms with Gasteiger partial charge in [0.05, 0.1) is 10.6 Å². The van der Waals surface area contributed by atoms with E-state index < -0.39 is 11.7 Å². The number of H-pyrrole nitrogens is 1. The molecule has 9 heteroatoms. The minimum Gasteiger partial charge on any atom is -0.422 e. The lowest BCUT2D eigenvalue weighted by molar-refractivity contribution is 0.102. The van der Waals surface area contributed by atoms with Crippen molar-refractivity contribution in [2.24, 2.45) is 0 Å². The molecule has 0 aliphatic rings. The summed E-state index contributed by atoms with van der Waals surface area (Å²) in [6.07, 6.45) is 0. The maximum atomic E-state index is 13.7. The van der Waals surface area contributed by atoms with Crippen LogP contribution in [0.1, 0.15) is 10.4 Å². The SMILES string of the molecule is O=C(Nc1ccc(Oc2nn[nH]n2)cc1)c1c(F)cccc1Cl. The minimum absolute atomic E-state index is 0.0413. The number of anilines is 1. The Bertz CT molecular complexity index is 803. The van der Waals surface area contributed by atoms with Crippen molar-refractivity contribution in [1.29, 1.82) is 0 Å². The van der Waals surface area contributed by atoms with E-state index in [-0.39, 0.29) is 16.6 Å². The molecular formula is C14H9ClFN5O2. The summed E-state index contributed by atoms with van der Waals surface area (Å²) in [7, 11) is 0. The number of rotatable bonds is 4. The Hall–Kier alpha value is -3.00. The maximum absolute atomic E-state index is 13.7. The molecular weight excluding hydrogens is 325 g/mol. The average molecular weight is 334 g/mol. The fraction of sp³-hybridized carbons (Fsp3) is 0. The highest BCUT2D eigenvalue weighted by molar-refractivity contribution is 6.34. The molecule has 0 radical (unpaired) electrons. The first-order chi connectivity index (χ1) is 11.1. The zero-order valence-electron chi connectivity index (χ0n) is 11.5. The van der Waals surface area contributed by atoms with Crippen LogP contribution >= 0.6 is 11.6 Å². The molecule has 3 aromatic rings. The van der Waals surface area contributed by atoms with Gasteiger partial charge in [-0.1, -0.05) is 27.9 Å². The zero-order valence-corrected chi connectivity index (χ0v) is 12.2. The van der Waals surface area contributed by atoms with Gasteiger partial charge in [-0.3, -0.25) is 4.79 Å². The van der Waals surface area contributed by atoms with Crippen molar-refractivity contribution in [2.75, 3.05) is 5.32 Å². The predicted octanol–water partition coefficient (Wildman–Crippen LogP) is 3.04. The molecule has 0 spiro atoms. The van der Waals surface area contributed by atoms with Crippen LogP contribution in [-0.2, 0) is 0 Å². The molecule has 1 amide bonds. The lowest BCUT2D eigenvalue weighted by Gasteiger charge is -2.08. The van der Waals surface area contributed by atoms with Crippen LogP contribution in [0.5, 0.6) is 11.8 Å². The van der Waals surface area contributed by atoms with Crippen LogP contribution < -0.4 is 10.1 Å². The summed E-state index contributed by atoms with van der Waals surface area (Å²) in [5.74, 6) is -0.875. The molecule has 2 N–H and O–H groups in total. The quantitative estimate of drug-likeness (QED) is 0.765. The molecule has 1 heterocycles. The number of carbonyl (C=O) groups excluding carboxylic acids is 1. The molecule has 0 unspecified atom stereocenters. The Kier molecular flexibility index (Phi) is 4.15. The average Bonchev–Trinajstić information content (AvgIpc) is 3.02. The van der Waals surface area contributed by atoms with E-state index in [1.807, 2.05) is 0 Å². The van der Waals surface area contributed by atoms with Crippen molar-refractivity contribution in [2.45, 2.75) is 0 Å². The first kappa shape index (κ1) is 14.9. The van der Waals surface area contributed by atoms with E-state index in [9.17, 15) is 9.18 Å². The van der Waals surface area contributed by atoms with E-state index in [1.165, 1.54) is 18.2 Å². The Morgan fingerprint density at radius 3 is 2.65 bits per heavy atom. The molecule has 0 fully saturated rings. The topological polar surface area (TPSA) is 92.8 Å². The second-order valence-corrected chi connectivity index (χ2v) is 4.78. The summed E-state index contributed by atoms with van der Waals surface area (Å²) < 4.78 is 19.0. The van der Waals surface area contributed by atoms with Crippen molar-refractivity contribution in [1.82, 2.24) is 20.6 Å². The van der Waals surface area contributed by atoms with Gasteiger partial charge in [0, 0.05) is 5.69 Å². The van der Waals surface area contributed by atoms with E-state index in [0.29, 0.717) is 11.4 Å². The second-order valence-electron chi connectivity index (χ2n) is 4.37. The third-order valence-electron chi connectivity index (χ3n) is 2.84. The van der Waals surface area contributed by atoms with Crippen molar-refractivity contribution >= 4 is 23.2 Å². The Morgan fingerprint density at radius 1 is 1.22 bits per heavy atom. The number of ether oxygens (including phenoxy) is 1. The summed E-state index contributed by atoms with van der Waals surface area (Å²) >= 11 is 5.85. The first-order valence-corrected chi connectivity index (χ1v) is 6.78. The molecule has 0 aliphatic heterocycles. The van der Waals surface area contributed by atoms with Gasteiger partial charge in [0.1, 0.15) is 11.6 Å². The highest BCUT2D eigenvalue weighted by Crippen LogP contribution is 2.22. The number of halogens is 2. The molecule has 0 bridgehead atoms. The fourth-order valence-corrected chi connectivity index (χ4v) is 2.06. The van der Waals surface area contributed by atoms with E-state index in [2.05, 4.69) is 25.9 Å². The lowest BCUT2D eigenvalue weighted by Crippen LogP contribution is -2.14. The van der Waals surface area contributed by atoms with Crippen LogP contribution in [0.25, 0.3) is 0 Å². The molecule has 0 atom stereocenters. The van der Waals surface area contributed by atoms with Gasteiger partial charge in [-0.25, -0.2) is 4.39 Å². The Morgan fingerprint density at radius 2 is 2.00 bits per heavy atom. The van der Waals surface area contributed by atoms with E-state index in [4.69, 9.17) is 16.3 Å². The van der Waals surface area contributed by atoms with Crippen LogP contribution in [0.4, 0.5) is 10.1 Å². The third kappa shape index (κ3) is 3.43. The van der Waals surface area contributed by atoms with Gasteiger partial charge < -0.3 is 10.1 Å². The number of tetrazole rings is 1. The van der Waals surface area contributed by atoms with Crippen LogP contribution in [0.15, 0.2) is 42.5 Å². The predicted molar refractivity (Wildman–Crippen MR) is 80.1 cm³/mol. The first-order valence-electron chi connectivity index (χ1n) is 6.40. The van der Waals surface area contributed by atoms with Crippen LogP contribution in [0, 0.1) is 5.82 Å². The fourth-order valence-electron chi connectivity index (χ4n) is 1.82. The number of nitrogens with zero attached hydrogens (tertiary/aromatic N) is 3. The van der Waals surface area contributed by atoms with Crippen LogP contribution in [0.2, 0.25) is 5.02 Å². The number of nitrogens with one attached hydrogen (secondary N) is 2. The van der Waals surface area contributed by atoms with Gasteiger partial charge in [0.2, 0.25) is 0 Å². The van der Waals surface area contributed by atoms with Gasteiger partial charge in [-0.05, 0) is 41.6 Å². The van der Waals surface area contributed by atoms with E-state index in [0.717, 1.165) is 0 Å². The van der Waals surface area contributed by atoms with Crippen molar-refractivity contribution in [3.05, 3.63) is 58.9 Å². The summed E-state index contributed by atoms with van der Waals surface area (Å²) in [6, 6.07) is 10.5. The second kappa shape index (κ2) is 6.41. The molecule has 1 aromatic heterocycles. The Labute approximate surface area is 134 Å². The summed E-state index contributed by atoms with van der Waals surface area (Å²) in [5, 5.41) is 15.5. The lowest BCUT2D eigenvalue weighted by atomic mass is 10.2. The van der Waals surface area contributed by atoms with Gasteiger partial charge in [0.25, 0.3) is 5.91 Å². The van der Waals surface area contributed by atoms with Crippen molar-refractivity contribution in [3.63, 3.8) is 0 Å². The number of amides is 1. The van der Waals surface area contributed by atoms with E-state index in [1.54, 1.807) is 24.3 Å². The largest absolute Gasteiger partial charge is 0.422 e. The maximum Gasteiger partial charge on any atom is 0.361 e. The van der Waals surface area contributed by atoms with Crippen LogP contribution in [0.3, 0.4) is 0 Å². The molecule has 2 aromatic carbocycles. The van der Waals surface area contributed by atoms with E-state index >= 15 is 0 Å². The number of benzene rings is 2. The summed E-state index contributed by atoms with van der Waals surface area (Å²) in [5.41, 5.74) is 0.246. The molecule has 7 nitrogen and oxygen atoms in total. The minimum atomic E-state index is -0.688. The normalized spacial score (nSPS) is 10.3. The highest BCUT2D eigenvalue weighted by Gasteiger charge is 2.15. The molecule has 0 saturated carbocycles. The van der Waals surface area contributed by atoms with Crippen molar-refractivity contribution < 1.29 is 13.9 Å². The van der Waals surface area contributed by atoms with Gasteiger partial charge in [-0.2, -0.15) is 5.21 Å². The molecule has 0 aliphatic carbocycles. The number of aromatic nitrogens is 4. The third-order valence-corrected chi connectivity index (χ3v) is 3.15. The molecule has 3 rings (SSSR count).